The van der Waals surface area contributed by atoms with Gasteiger partial charge in [-0.15, -0.1) is 0 Å². The zero-order chi connectivity index (χ0) is 13.8. The summed E-state index contributed by atoms with van der Waals surface area (Å²) in [4.78, 5) is 2.43. The van der Waals surface area contributed by atoms with Gasteiger partial charge < -0.3 is 10.2 Å². The summed E-state index contributed by atoms with van der Waals surface area (Å²) in [5.41, 5.74) is 1.24. The minimum atomic E-state index is 0.725. The van der Waals surface area contributed by atoms with Crippen molar-refractivity contribution in [2.75, 3.05) is 31.1 Å². The highest BCUT2D eigenvalue weighted by Gasteiger charge is 2.22. The molecule has 1 aliphatic rings. The lowest BCUT2D eigenvalue weighted by molar-refractivity contribution is 0.477. The van der Waals surface area contributed by atoms with Crippen LogP contribution in [0.5, 0.6) is 0 Å². The van der Waals surface area contributed by atoms with E-state index in [1.807, 2.05) is 6.07 Å². The number of rotatable bonds is 5. The predicted molar refractivity (Wildman–Crippen MR) is 87.2 cm³/mol. The van der Waals surface area contributed by atoms with Gasteiger partial charge in [0.15, 0.2) is 0 Å². The highest BCUT2D eigenvalue weighted by Crippen LogP contribution is 2.30. The largest absolute Gasteiger partial charge is 0.371 e. The van der Waals surface area contributed by atoms with E-state index < -0.39 is 0 Å². The van der Waals surface area contributed by atoms with Crippen molar-refractivity contribution in [1.82, 2.24) is 5.32 Å². The lowest BCUT2D eigenvalue weighted by Gasteiger charge is -2.19. The van der Waals surface area contributed by atoms with Crippen LogP contribution < -0.4 is 10.2 Å². The first kappa shape index (κ1) is 15.1. The second-order valence-electron chi connectivity index (χ2n) is 5.75. The maximum atomic E-state index is 6.16. The van der Waals surface area contributed by atoms with Gasteiger partial charge in [-0.05, 0) is 65.5 Å². The third-order valence-electron chi connectivity index (χ3n) is 3.54. The summed E-state index contributed by atoms with van der Waals surface area (Å²) in [6.45, 7) is 8.99. The Morgan fingerprint density at radius 1 is 1.47 bits per heavy atom. The van der Waals surface area contributed by atoms with Gasteiger partial charge in [-0.25, -0.2) is 0 Å². The standard InChI is InChI=1S/C15H22BrClN2/c1-11(2)8-18-9-12-5-6-19(10-12)13-3-4-14(16)15(17)7-13/h3-4,7,11-12,18H,5-6,8-10H2,1-2H3. The molecule has 19 heavy (non-hydrogen) atoms. The van der Waals surface area contributed by atoms with E-state index in [1.54, 1.807) is 0 Å². The molecule has 0 aliphatic carbocycles. The van der Waals surface area contributed by atoms with E-state index >= 15 is 0 Å². The molecule has 1 N–H and O–H groups in total. The first-order chi connectivity index (χ1) is 9.06. The molecule has 1 aromatic rings. The Bertz CT molecular complexity index is 423. The number of hydrogen-bond donors (Lipinski definition) is 1. The number of anilines is 1. The molecular weight excluding hydrogens is 324 g/mol. The highest BCUT2D eigenvalue weighted by atomic mass is 79.9. The summed E-state index contributed by atoms with van der Waals surface area (Å²) in [6, 6.07) is 6.22. The van der Waals surface area contributed by atoms with Gasteiger partial charge in [0.05, 0.1) is 5.02 Å². The molecule has 106 valence electrons. The molecule has 0 aromatic heterocycles. The van der Waals surface area contributed by atoms with Crippen molar-refractivity contribution in [3.05, 3.63) is 27.7 Å². The van der Waals surface area contributed by atoms with Gasteiger partial charge in [-0.2, -0.15) is 0 Å². The molecule has 1 heterocycles. The Labute approximate surface area is 129 Å². The van der Waals surface area contributed by atoms with Crippen molar-refractivity contribution in [3.8, 4) is 0 Å². The molecule has 4 heteroatoms. The smallest absolute Gasteiger partial charge is 0.0568 e. The first-order valence-corrected chi connectivity index (χ1v) is 8.14. The summed E-state index contributed by atoms with van der Waals surface area (Å²) in [6.07, 6.45) is 1.26. The van der Waals surface area contributed by atoms with Gasteiger partial charge in [0, 0.05) is 23.2 Å². The Balaban J connectivity index is 1.85. The van der Waals surface area contributed by atoms with Crippen LogP contribution in [0.2, 0.25) is 5.02 Å². The average molecular weight is 346 g/mol. The highest BCUT2D eigenvalue weighted by molar-refractivity contribution is 9.10. The molecule has 1 unspecified atom stereocenters. The molecule has 2 rings (SSSR count). The molecule has 0 radical (unpaired) electrons. The minimum absolute atomic E-state index is 0.725. The van der Waals surface area contributed by atoms with Gasteiger partial charge in [-0.3, -0.25) is 0 Å². The van der Waals surface area contributed by atoms with Crippen molar-refractivity contribution in [2.45, 2.75) is 20.3 Å². The summed E-state index contributed by atoms with van der Waals surface area (Å²) in [7, 11) is 0. The Hall–Kier alpha value is -0.250. The number of nitrogens with one attached hydrogen (secondary N) is 1. The third-order valence-corrected chi connectivity index (χ3v) is 4.77. The Kier molecular flexibility index (Phi) is 5.55. The van der Waals surface area contributed by atoms with E-state index in [1.165, 1.54) is 12.1 Å². The molecular formula is C15H22BrClN2. The second-order valence-corrected chi connectivity index (χ2v) is 7.01. The van der Waals surface area contributed by atoms with E-state index in [0.717, 1.165) is 47.5 Å². The molecule has 1 saturated heterocycles. The maximum Gasteiger partial charge on any atom is 0.0568 e. The fourth-order valence-electron chi connectivity index (χ4n) is 2.49. The predicted octanol–water partition coefficient (Wildman–Crippen LogP) is 4.17. The van der Waals surface area contributed by atoms with Crippen LogP contribution in [-0.4, -0.2) is 26.2 Å². The van der Waals surface area contributed by atoms with Gasteiger partial charge in [0.1, 0.15) is 0 Å². The van der Waals surface area contributed by atoms with E-state index in [-0.39, 0.29) is 0 Å². The summed E-state index contributed by atoms with van der Waals surface area (Å²) < 4.78 is 0.965. The van der Waals surface area contributed by atoms with Crippen LogP contribution >= 0.6 is 27.5 Å². The van der Waals surface area contributed by atoms with E-state index in [4.69, 9.17) is 11.6 Å². The first-order valence-electron chi connectivity index (χ1n) is 6.97. The van der Waals surface area contributed by atoms with E-state index in [2.05, 4.69) is 52.1 Å². The lowest BCUT2D eigenvalue weighted by Crippen LogP contribution is -2.28. The zero-order valence-corrected chi connectivity index (χ0v) is 14.0. The SMILES string of the molecule is CC(C)CNCC1CCN(c2ccc(Br)c(Cl)c2)C1. The third kappa shape index (κ3) is 4.37. The van der Waals surface area contributed by atoms with Crippen LogP contribution in [0, 0.1) is 11.8 Å². The van der Waals surface area contributed by atoms with Crippen LogP contribution in [0.3, 0.4) is 0 Å². The Morgan fingerprint density at radius 3 is 2.95 bits per heavy atom. The zero-order valence-electron chi connectivity index (χ0n) is 11.6. The number of hydrogen-bond acceptors (Lipinski definition) is 2. The van der Waals surface area contributed by atoms with Crippen LogP contribution in [0.15, 0.2) is 22.7 Å². The average Bonchev–Trinajstić information content (AvgIpc) is 2.81. The number of benzene rings is 1. The maximum absolute atomic E-state index is 6.16. The number of nitrogens with zero attached hydrogens (tertiary/aromatic N) is 1. The fourth-order valence-corrected chi connectivity index (χ4v) is 2.91. The monoisotopic (exact) mass is 344 g/mol. The van der Waals surface area contributed by atoms with E-state index in [0.29, 0.717) is 0 Å². The molecule has 0 spiro atoms. The molecule has 1 aliphatic heterocycles. The minimum Gasteiger partial charge on any atom is -0.371 e. The number of halogens is 2. The van der Waals surface area contributed by atoms with Crippen molar-refractivity contribution < 1.29 is 0 Å². The summed E-state index contributed by atoms with van der Waals surface area (Å²) in [5.74, 6) is 1.48. The lowest BCUT2D eigenvalue weighted by atomic mass is 10.1. The second kappa shape index (κ2) is 6.96. The van der Waals surface area contributed by atoms with Crippen molar-refractivity contribution in [2.24, 2.45) is 11.8 Å². The summed E-state index contributed by atoms with van der Waals surface area (Å²) in [5, 5.41) is 4.35. The quantitative estimate of drug-likeness (QED) is 0.861. The normalized spacial score (nSPS) is 19.4. The molecule has 0 bridgehead atoms. The van der Waals surface area contributed by atoms with Gasteiger partial charge in [0.25, 0.3) is 0 Å². The molecule has 1 aromatic carbocycles. The summed E-state index contributed by atoms with van der Waals surface area (Å²) >= 11 is 9.60. The van der Waals surface area contributed by atoms with Crippen LogP contribution in [0.25, 0.3) is 0 Å². The molecule has 2 nitrogen and oxygen atoms in total. The Morgan fingerprint density at radius 2 is 2.26 bits per heavy atom. The fraction of sp³-hybridized carbons (Fsp3) is 0.600. The van der Waals surface area contributed by atoms with Crippen LogP contribution in [-0.2, 0) is 0 Å². The molecule has 0 amide bonds. The van der Waals surface area contributed by atoms with Crippen LogP contribution in [0.1, 0.15) is 20.3 Å². The van der Waals surface area contributed by atoms with Crippen molar-refractivity contribution in [1.29, 1.82) is 0 Å². The molecule has 0 saturated carbocycles. The van der Waals surface area contributed by atoms with Gasteiger partial charge in [-0.1, -0.05) is 25.4 Å². The van der Waals surface area contributed by atoms with Gasteiger partial charge >= 0.3 is 0 Å². The topological polar surface area (TPSA) is 15.3 Å². The van der Waals surface area contributed by atoms with Crippen LogP contribution in [0.4, 0.5) is 5.69 Å². The molecule has 1 fully saturated rings. The van der Waals surface area contributed by atoms with Crippen molar-refractivity contribution in [3.63, 3.8) is 0 Å². The van der Waals surface area contributed by atoms with E-state index in [9.17, 15) is 0 Å². The van der Waals surface area contributed by atoms with Gasteiger partial charge in [0.2, 0.25) is 0 Å². The van der Waals surface area contributed by atoms with Crippen molar-refractivity contribution >= 4 is 33.2 Å². The molecule has 1 atom stereocenters.